The minimum absolute atomic E-state index is 0.551. The predicted molar refractivity (Wildman–Crippen MR) is 71.2 cm³/mol. The highest BCUT2D eigenvalue weighted by atomic mass is 16.5. The van der Waals surface area contributed by atoms with Gasteiger partial charge in [-0.1, -0.05) is 0 Å². The van der Waals surface area contributed by atoms with Crippen molar-refractivity contribution in [3.63, 3.8) is 0 Å². The summed E-state index contributed by atoms with van der Waals surface area (Å²) in [6, 6.07) is 2.07. The Morgan fingerprint density at radius 3 is 2.94 bits per heavy atom. The van der Waals surface area contributed by atoms with Gasteiger partial charge in [-0.3, -0.25) is 4.90 Å². The maximum Gasteiger partial charge on any atom is 0.118 e. The second kappa shape index (κ2) is 6.36. The Morgan fingerprint density at radius 1 is 1.50 bits per heavy atom. The van der Waals surface area contributed by atoms with Crippen LogP contribution in [0.3, 0.4) is 0 Å². The molecule has 1 aliphatic rings. The van der Waals surface area contributed by atoms with Gasteiger partial charge in [-0.25, -0.2) is 0 Å². The highest BCUT2D eigenvalue weighted by Crippen LogP contribution is 2.18. The third-order valence-electron chi connectivity index (χ3n) is 3.54. The van der Waals surface area contributed by atoms with Gasteiger partial charge in [0.2, 0.25) is 0 Å². The lowest BCUT2D eigenvalue weighted by atomic mass is 10.0. The molecule has 1 unspecified atom stereocenters. The minimum atomic E-state index is 0.551. The van der Waals surface area contributed by atoms with Gasteiger partial charge < -0.3 is 14.9 Å². The first-order valence-electron chi connectivity index (χ1n) is 6.73. The quantitative estimate of drug-likeness (QED) is 0.869. The summed E-state index contributed by atoms with van der Waals surface area (Å²) < 4.78 is 11.2. The second-order valence-electron chi connectivity index (χ2n) is 5.28. The average molecular weight is 252 g/mol. The fraction of sp³-hybridized carbons (Fsp3) is 0.714. The third kappa shape index (κ3) is 3.57. The molecule has 2 heterocycles. The molecule has 0 bridgehead atoms. The van der Waals surface area contributed by atoms with Crippen LogP contribution in [0.4, 0.5) is 0 Å². The molecule has 0 amide bonds. The van der Waals surface area contributed by atoms with Gasteiger partial charge in [-0.05, 0) is 38.8 Å². The molecule has 1 fully saturated rings. The van der Waals surface area contributed by atoms with E-state index in [1.165, 1.54) is 12.8 Å². The lowest BCUT2D eigenvalue weighted by Gasteiger charge is -2.26. The molecule has 0 saturated carbocycles. The van der Waals surface area contributed by atoms with E-state index in [9.17, 15) is 0 Å². The number of nitrogens with two attached hydrogens (primary N) is 1. The summed E-state index contributed by atoms with van der Waals surface area (Å²) in [7, 11) is 2.13. The monoisotopic (exact) mass is 252 g/mol. The molecule has 18 heavy (non-hydrogen) atoms. The number of hydrogen-bond acceptors (Lipinski definition) is 4. The largest absolute Gasteiger partial charge is 0.465 e. The highest BCUT2D eigenvalue weighted by Gasteiger charge is 2.17. The molecule has 1 saturated heterocycles. The van der Waals surface area contributed by atoms with Gasteiger partial charge in [0.15, 0.2) is 0 Å². The van der Waals surface area contributed by atoms with E-state index in [1.54, 1.807) is 0 Å². The van der Waals surface area contributed by atoms with E-state index >= 15 is 0 Å². The summed E-state index contributed by atoms with van der Waals surface area (Å²) in [5, 5.41) is 0. The molecule has 1 aliphatic heterocycles. The van der Waals surface area contributed by atoms with E-state index in [0.29, 0.717) is 12.5 Å². The van der Waals surface area contributed by atoms with Gasteiger partial charge in [0.1, 0.15) is 11.5 Å². The molecule has 0 spiro atoms. The Bertz CT molecular complexity index is 370. The molecular weight excluding hydrogens is 228 g/mol. The zero-order valence-corrected chi connectivity index (χ0v) is 11.4. The van der Waals surface area contributed by atoms with Crippen LogP contribution in [0.5, 0.6) is 0 Å². The minimum Gasteiger partial charge on any atom is -0.465 e. The smallest absolute Gasteiger partial charge is 0.118 e. The Balaban J connectivity index is 1.83. The molecule has 4 heteroatoms. The summed E-state index contributed by atoms with van der Waals surface area (Å²) in [4.78, 5) is 2.30. The number of nitrogens with zero attached hydrogens (tertiary/aromatic N) is 1. The lowest BCUT2D eigenvalue weighted by Crippen LogP contribution is -2.30. The van der Waals surface area contributed by atoms with E-state index in [0.717, 1.165) is 43.4 Å². The Kier molecular flexibility index (Phi) is 4.80. The topological polar surface area (TPSA) is 51.6 Å². The normalized spacial score (nSPS) is 20.6. The molecule has 0 aromatic carbocycles. The third-order valence-corrected chi connectivity index (χ3v) is 3.54. The fourth-order valence-corrected chi connectivity index (χ4v) is 2.59. The number of rotatable bonds is 5. The first kappa shape index (κ1) is 13.6. The summed E-state index contributed by atoms with van der Waals surface area (Å²) in [6.45, 7) is 6.26. The van der Waals surface area contributed by atoms with Crippen LogP contribution in [-0.4, -0.2) is 31.7 Å². The van der Waals surface area contributed by atoms with E-state index in [2.05, 4.69) is 18.0 Å². The predicted octanol–water partition coefficient (Wildman–Crippen LogP) is 1.91. The maximum atomic E-state index is 5.71. The summed E-state index contributed by atoms with van der Waals surface area (Å²) in [5.74, 6) is 2.61. The molecule has 2 rings (SSSR count). The van der Waals surface area contributed by atoms with Crippen LogP contribution in [0.15, 0.2) is 10.5 Å². The molecule has 0 radical (unpaired) electrons. The van der Waals surface area contributed by atoms with Crippen LogP contribution < -0.4 is 5.73 Å². The van der Waals surface area contributed by atoms with Crippen molar-refractivity contribution in [3.8, 4) is 0 Å². The molecule has 2 N–H and O–H groups in total. The molecule has 102 valence electrons. The summed E-state index contributed by atoms with van der Waals surface area (Å²) in [6.07, 6.45) is 2.46. The zero-order valence-electron chi connectivity index (χ0n) is 11.4. The van der Waals surface area contributed by atoms with Crippen LogP contribution in [0.2, 0.25) is 0 Å². The van der Waals surface area contributed by atoms with Crippen molar-refractivity contribution in [2.24, 2.45) is 11.7 Å². The van der Waals surface area contributed by atoms with Crippen LogP contribution >= 0.6 is 0 Å². The van der Waals surface area contributed by atoms with E-state index < -0.39 is 0 Å². The van der Waals surface area contributed by atoms with Gasteiger partial charge >= 0.3 is 0 Å². The van der Waals surface area contributed by atoms with Crippen LogP contribution in [0.1, 0.15) is 29.9 Å². The van der Waals surface area contributed by atoms with E-state index in [-0.39, 0.29) is 0 Å². The summed E-state index contributed by atoms with van der Waals surface area (Å²) >= 11 is 0. The summed E-state index contributed by atoms with van der Waals surface area (Å²) in [5.41, 5.74) is 6.76. The highest BCUT2D eigenvalue weighted by molar-refractivity contribution is 5.20. The molecular formula is C14H24N2O2. The fourth-order valence-electron chi connectivity index (χ4n) is 2.59. The molecule has 4 nitrogen and oxygen atoms in total. The van der Waals surface area contributed by atoms with Crippen molar-refractivity contribution < 1.29 is 9.15 Å². The van der Waals surface area contributed by atoms with Crippen molar-refractivity contribution in [1.82, 2.24) is 4.90 Å². The van der Waals surface area contributed by atoms with Crippen molar-refractivity contribution in [3.05, 3.63) is 23.2 Å². The Hall–Kier alpha value is -0.840. The number of aryl methyl sites for hydroxylation is 1. The first-order chi connectivity index (χ1) is 8.69. The van der Waals surface area contributed by atoms with Crippen LogP contribution in [0.25, 0.3) is 0 Å². The van der Waals surface area contributed by atoms with Crippen molar-refractivity contribution >= 4 is 0 Å². The Morgan fingerprint density at radius 2 is 2.33 bits per heavy atom. The standard InChI is InChI=1S/C14H24N2O2/c1-11-13(7-15)6-14(18-11)9-16(2)8-12-4-3-5-17-10-12/h6,12H,3-5,7-10,15H2,1-2H3. The zero-order chi connectivity index (χ0) is 13.0. The number of hydrogen-bond donors (Lipinski definition) is 1. The number of furan rings is 1. The van der Waals surface area contributed by atoms with Crippen LogP contribution in [0, 0.1) is 12.8 Å². The van der Waals surface area contributed by atoms with Gasteiger partial charge in [-0.2, -0.15) is 0 Å². The van der Waals surface area contributed by atoms with Gasteiger partial charge in [0.05, 0.1) is 13.2 Å². The average Bonchev–Trinajstić information content (AvgIpc) is 2.70. The molecule has 1 aromatic rings. The van der Waals surface area contributed by atoms with Crippen LogP contribution in [-0.2, 0) is 17.8 Å². The first-order valence-corrected chi connectivity index (χ1v) is 6.73. The lowest BCUT2D eigenvalue weighted by molar-refractivity contribution is 0.0403. The van der Waals surface area contributed by atoms with Crippen molar-refractivity contribution in [2.75, 3.05) is 26.8 Å². The SMILES string of the molecule is Cc1oc(CN(C)CC2CCCOC2)cc1CN. The Labute approximate surface area is 109 Å². The maximum absolute atomic E-state index is 5.71. The number of ether oxygens (including phenoxy) is 1. The second-order valence-corrected chi connectivity index (χ2v) is 5.28. The molecule has 0 aliphatic carbocycles. The van der Waals surface area contributed by atoms with Gasteiger partial charge in [0, 0.05) is 25.3 Å². The van der Waals surface area contributed by atoms with Gasteiger partial charge in [-0.15, -0.1) is 0 Å². The van der Waals surface area contributed by atoms with Crippen molar-refractivity contribution in [1.29, 1.82) is 0 Å². The van der Waals surface area contributed by atoms with Gasteiger partial charge in [0.25, 0.3) is 0 Å². The van der Waals surface area contributed by atoms with E-state index in [4.69, 9.17) is 14.9 Å². The van der Waals surface area contributed by atoms with E-state index in [1.807, 2.05) is 6.92 Å². The van der Waals surface area contributed by atoms with Crippen molar-refractivity contribution in [2.45, 2.75) is 32.9 Å². The molecule has 1 atom stereocenters. The molecule has 1 aromatic heterocycles.